The molecular weight excluding hydrogens is 354 g/mol. The summed E-state index contributed by atoms with van der Waals surface area (Å²) in [7, 11) is 0. The summed E-state index contributed by atoms with van der Waals surface area (Å²) < 4.78 is 11.3. The quantitative estimate of drug-likeness (QED) is 0.665. The monoisotopic (exact) mass is 379 g/mol. The van der Waals surface area contributed by atoms with E-state index in [0.29, 0.717) is 11.3 Å². The minimum absolute atomic E-state index is 0.0154. The normalized spacial score (nSPS) is 11.6. The summed E-state index contributed by atoms with van der Waals surface area (Å²) in [4.78, 5) is 24.5. The summed E-state index contributed by atoms with van der Waals surface area (Å²) in [5.41, 5.74) is 1.79. The molecule has 5 nitrogen and oxygen atoms in total. The molecule has 0 aliphatic rings. The lowest BCUT2D eigenvalue weighted by molar-refractivity contribution is -0.134. The molecule has 2 aromatic carbocycles. The van der Waals surface area contributed by atoms with Gasteiger partial charge in [-0.1, -0.05) is 24.3 Å². The zero-order valence-corrected chi connectivity index (χ0v) is 16.8. The van der Waals surface area contributed by atoms with Crippen molar-refractivity contribution in [1.82, 2.24) is 5.32 Å². The Kier molecular flexibility index (Phi) is 5.27. The number of benzene rings is 2. The second kappa shape index (κ2) is 7.50. The third-order valence-electron chi connectivity index (χ3n) is 4.49. The molecule has 0 aliphatic heterocycles. The molecule has 1 N–H and O–H groups in total. The molecule has 0 saturated heterocycles. The number of aryl methyl sites for hydroxylation is 1. The van der Waals surface area contributed by atoms with Gasteiger partial charge in [0.2, 0.25) is 0 Å². The van der Waals surface area contributed by atoms with Crippen LogP contribution in [0, 0.1) is 6.92 Å². The van der Waals surface area contributed by atoms with Crippen LogP contribution in [0.1, 0.15) is 33.3 Å². The van der Waals surface area contributed by atoms with E-state index in [2.05, 4.69) is 5.32 Å². The molecule has 0 spiro atoms. The highest BCUT2D eigenvalue weighted by Crippen LogP contribution is 2.32. The molecule has 1 aromatic heterocycles. The predicted molar refractivity (Wildman–Crippen MR) is 111 cm³/mol. The third kappa shape index (κ3) is 4.09. The zero-order valence-electron chi connectivity index (χ0n) is 16.8. The fourth-order valence-electron chi connectivity index (χ4n) is 3.08. The number of carbonyl (C=O) groups excluding carboxylic acids is 1. The number of rotatable bonds is 5. The number of ether oxygens (including phenoxy) is 1. The van der Waals surface area contributed by atoms with Gasteiger partial charge in [0, 0.05) is 29.1 Å². The molecule has 5 heteroatoms. The van der Waals surface area contributed by atoms with Crippen LogP contribution < -0.4 is 15.7 Å². The van der Waals surface area contributed by atoms with Crippen molar-refractivity contribution in [2.75, 3.05) is 0 Å². The molecule has 0 saturated carbocycles. The van der Waals surface area contributed by atoms with Crippen molar-refractivity contribution < 1.29 is 13.9 Å². The van der Waals surface area contributed by atoms with Crippen LogP contribution in [0.2, 0.25) is 0 Å². The summed E-state index contributed by atoms with van der Waals surface area (Å²) in [5.74, 6) is 0.249. The van der Waals surface area contributed by atoms with Gasteiger partial charge in [0.1, 0.15) is 11.3 Å². The fourth-order valence-corrected chi connectivity index (χ4v) is 3.08. The first kappa shape index (κ1) is 19.7. The molecule has 3 rings (SSSR count). The maximum absolute atomic E-state index is 12.4. The van der Waals surface area contributed by atoms with E-state index < -0.39 is 11.2 Å². The predicted octanol–water partition coefficient (Wildman–Crippen LogP) is 4.45. The van der Waals surface area contributed by atoms with E-state index in [1.54, 1.807) is 26.0 Å². The lowest BCUT2D eigenvalue weighted by atomic mass is 9.98. The first-order valence-electron chi connectivity index (χ1n) is 9.31. The Bertz CT molecular complexity index is 1080. The number of hydrogen-bond donors (Lipinski definition) is 1. The van der Waals surface area contributed by atoms with E-state index in [1.807, 2.05) is 51.1 Å². The first-order chi connectivity index (χ1) is 13.2. The number of nitrogens with one attached hydrogen (secondary N) is 1. The Balaban J connectivity index is 2.02. The van der Waals surface area contributed by atoms with Gasteiger partial charge in [0.25, 0.3) is 5.91 Å². The minimum atomic E-state index is -1.06. The lowest BCUT2D eigenvalue weighted by Gasteiger charge is -2.26. The van der Waals surface area contributed by atoms with Gasteiger partial charge >= 0.3 is 5.63 Å². The zero-order chi connectivity index (χ0) is 20.5. The fraction of sp³-hybridized carbons (Fsp3) is 0.304. The van der Waals surface area contributed by atoms with Crippen LogP contribution in [0.4, 0.5) is 0 Å². The molecular formula is C23H25NO4. The van der Waals surface area contributed by atoms with Crippen LogP contribution in [0.5, 0.6) is 5.75 Å². The van der Waals surface area contributed by atoms with Crippen molar-refractivity contribution in [2.24, 2.45) is 0 Å². The molecule has 0 bridgehead atoms. The number of amides is 1. The molecule has 0 unspecified atom stereocenters. The van der Waals surface area contributed by atoms with E-state index in [1.165, 1.54) is 6.07 Å². The first-order valence-corrected chi connectivity index (χ1v) is 9.31. The van der Waals surface area contributed by atoms with Crippen molar-refractivity contribution in [1.29, 1.82) is 0 Å². The molecule has 0 radical (unpaired) electrons. The highest BCUT2D eigenvalue weighted by Gasteiger charge is 2.30. The SMILES string of the molecule is Cc1ccccc1-c1cc(=O)oc2cc(OC(C)(C)C(=O)NC(C)C)ccc12. The Morgan fingerprint density at radius 1 is 1.07 bits per heavy atom. The third-order valence-corrected chi connectivity index (χ3v) is 4.49. The highest BCUT2D eigenvalue weighted by atomic mass is 16.5. The second-order valence-corrected chi connectivity index (χ2v) is 7.69. The van der Waals surface area contributed by atoms with Gasteiger partial charge in [0.15, 0.2) is 5.60 Å². The van der Waals surface area contributed by atoms with E-state index >= 15 is 0 Å². The molecule has 1 heterocycles. The average molecular weight is 379 g/mol. The molecule has 1 amide bonds. The largest absolute Gasteiger partial charge is 0.478 e. The number of carbonyl (C=O) groups is 1. The van der Waals surface area contributed by atoms with Gasteiger partial charge in [-0.3, -0.25) is 4.79 Å². The van der Waals surface area contributed by atoms with Gasteiger partial charge in [-0.05, 0) is 57.9 Å². The van der Waals surface area contributed by atoms with Crippen LogP contribution in [0.15, 0.2) is 57.7 Å². The van der Waals surface area contributed by atoms with Crippen molar-refractivity contribution in [3.05, 3.63) is 64.5 Å². The Hall–Kier alpha value is -3.08. The topological polar surface area (TPSA) is 68.5 Å². The summed E-state index contributed by atoms with van der Waals surface area (Å²) in [6.07, 6.45) is 0. The molecule has 28 heavy (non-hydrogen) atoms. The maximum atomic E-state index is 12.4. The minimum Gasteiger partial charge on any atom is -0.478 e. The van der Waals surface area contributed by atoms with Crippen LogP contribution in [0.25, 0.3) is 22.1 Å². The van der Waals surface area contributed by atoms with Gasteiger partial charge in [0.05, 0.1) is 0 Å². The Morgan fingerprint density at radius 3 is 2.46 bits per heavy atom. The van der Waals surface area contributed by atoms with Crippen LogP contribution in [-0.2, 0) is 4.79 Å². The van der Waals surface area contributed by atoms with Crippen LogP contribution >= 0.6 is 0 Å². The molecule has 146 valence electrons. The molecule has 0 fully saturated rings. The van der Waals surface area contributed by atoms with Crippen LogP contribution in [-0.4, -0.2) is 17.6 Å². The Morgan fingerprint density at radius 2 is 1.79 bits per heavy atom. The van der Waals surface area contributed by atoms with Crippen molar-refractivity contribution in [2.45, 2.75) is 46.3 Å². The van der Waals surface area contributed by atoms with Gasteiger partial charge < -0.3 is 14.5 Å². The van der Waals surface area contributed by atoms with E-state index in [0.717, 1.165) is 22.1 Å². The van der Waals surface area contributed by atoms with Gasteiger partial charge in [-0.15, -0.1) is 0 Å². The summed E-state index contributed by atoms with van der Waals surface area (Å²) in [6, 6.07) is 14.7. The standard InChI is InChI=1S/C23H25NO4/c1-14(2)24-22(26)23(4,5)28-16-10-11-18-19(13-21(25)27-20(18)12-16)17-9-7-6-8-15(17)3/h6-14H,1-5H3,(H,24,26). The maximum Gasteiger partial charge on any atom is 0.336 e. The summed E-state index contributed by atoms with van der Waals surface area (Å²) in [5, 5.41) is 3.66. The molecule has 0 aliphatic carbocycles. The van der Waals surface area contributed by atoms with E-state index in [-0.39, 0.29) is 11.9 Å². The number of fused-ring (bicyclic) bond motifs is 1. The van der Waals surface area contributed by atoms with Gasteiger partial charge in [-0.25, -0.2) is 4.79 Å². The molecule has 0 atom stereocenters. The van der Waals surface area contributed by atoms with Crippen molar-refractivity contribution in [3.8, 4) is 16.9 Å². The summed E-state index contributed by atoms with van der Waals surface area (Å²) >= 11 is 0. The average Bonchev–Trinajstić information content (AvgIpc) is 2.60. The molecule has 3 aromatic rings. The van der Waals surface area contributed by atoms with Crippen molar-refractivity contribution >= 4 is 16.9 Å². The Labute approximate surface area is 164 Å². The van der Waals surface area contributed by atoms with Crippen LogP contribution in [0.3, 0.4) is 0 Å². The van der Waals surface area contributed by atoms with Gasteiger partial charge in [-0.2, -0.15) is 0 Å². The highest BCUT2D eigenvalue weighted by molar-refractivity contribution is 5.94. The van der Waals surface area contributed by atoms with Crippen molar-refractivity contribution in [3.63, 3.8) is 0 Å². The smallest absolute Gasteiger partial charge is 0.336 e. The lowest BCUT2D eigenvalue weighted by Crippen LogP contribution is -2.48. The number of hydrogen-bond acceptors (Lipinski definition) is 4. The second-order valence-electron chi connectivity index (χ2n) is 7.69. The van der Waals surface area contributed by atoms with E-state index in [4.69, 9.17) is 9.15 Å². The van der Waals surface area contributed by atoms with E-state index in [9.17, 15) is 9.59 Å². The summed E-state index contributed by atoms with van der Waals surface area (Å²) in [6.45, 7) is 9.20.